The number of nitrogen functional groups attached to an aromatic ring is 1. The lowest BCUT2D eigenvalue weighted by molar-refractivity contribution is -0.127. The third kappa shape index (κ3) is 5.24. The first kappa shape index (κ1) is 13.7. The van der Waals surface area contributed by atoms with Gasteiger partial charge in [0.2, 0.25) is 0 Å². The van der Waals surface area contributed by atoms with Crippen LogP contribution in [0.15, 0.2) is 12.3 Å². The van der Waals surface area contributed by atoms with Gasteiger partial charge in [0.25, 0.3) is 0 Å². The molecule has 5 heteroatoms. The van der Waals surface area contributed by atoms with Crippen LogP contribution in [0.25, 0.3) is 0 Å². The van der Waals surface area contributed by atoms with Gasteiger partial charge in [0.1, 0.15) is 5.82 Å². The molecule has 1 heterocycles. The maximum atomic E-state index is 12.0. The molecule has 1 aromatic rings. The van der Waals surface area contributed by atoms with Crippen LogP contribution >= 0.6 is 0 Å². The van der Waals surface area contributed by atoms with Crippen molar-refractivity contribution in [2.75, 3.05) is 5.73 Å². The smallest absolute Gasteiger partial charge is 0.383 e. The van der Waals surface area contributed by atoms with Gasteiger partial charge in [0, 0.05) is 11.8 Å². The van der Waals surface area contributed by atoms with Gasteiger partial charge in [-0.2, -0.15) is 13.2 Å². The highest BCUT2D eigenvalue weighted by atomic mass is 19.4. The van der Waals surface area contributed by atoms with Crippen LogP contribution in [0.5, 0.6) is 0 Å². The van der Waals surface area contributed by atoms with E-state index in [1.54, 1.807) is 6.92 Å². The first-order valence-electron chi connectivity index (χ1n) is 4.66. The molecule has 0 bridgehead atoms. The molecule has 0 aliphatic heterocycles. The summed E-state index contributed by atoms with van der Waals surface area (Å²) in [6.45, 7) is 5.67. The highest BCUT2D eigenvalue weighted by molar-refractivity contribution is 5.41. The molecule has 0 saturated heterocycles. The van der Waals surface area contributed by atoms with Gasteiger partial charge < -0.3 is 5.73 Å². The minimum absolute atomic E-state index is 0.0347. The van der Waals surface area contributed by atoms with Crippen molar-refractivity contribution in [2.45, 2.75) is 33.4 Å². The summed E-state index contributed by atoms with van der Waals surface area (Å²) >= 11 is 0. The van der Waals surface area contributed by atoms with E-state index in [9.17, 15) is 13.2 Å². The number of nitrogens with zero attached hydrogens (tertiary/aromatic N) is 1. The van der Waals surface area contributed by atoms with Gasteiger partial charge >= 0.3 is 6.18 Å². The molecule has 15 heavy (non-hydrogen) atoms. The number of pyridine rings is 1. The lowest BCUT2D eigenvalue weighted by Gasteiger charge is -2.08. The molecule has 0 radical (unpaired) electrons. The maximum absolute atomic E-state index is 12.0. The van der Waals surface area contributed by atoms with E-state index < -0.39 is 12.6 Å². The van der Waals surface area contributed by atoms with Gasteiger partial charge in [-0.15, -0.1) is 0 Å². The largest absolute Gasteiger partial charge is 0.393 e. The quantitative estimate of drug-likeness (QED) is 0.789. The van der Waals surface area contributed by atoms with E-state index in [2.05, 4.69) is 4.98 Å². The second-order valence-corrected chi connectivity index (χ2v) is 2.85. The van der Waals surface area contributed by atoms with Crippen LogP contribution in [0.1, 0.15) is 25.0 Å². The fourth-order valence-corrected chi connectivity index (χ4v) is 0.998. The van der Waals surface area contributed by atoms with Crippen molar-refractivity contribution in [3.05, 3.63) is 23.4 Å². The average Bonchev–Trinajstić information content (AvgIpc) is 2.12. The normalized spacial score (nSPS) is 10.5. The number of aromatic nitrogens is 1. The Kier molecular flexibility index (Phi) is 5.11. The molecular weight excluding hydrogens is 205 g/mol. The number of halogens is 3. The second-order valence-electron chi connectivity index (χ2n) is 2.85. The van der Waals surface area contributed by atoms with Gasteiger partial charge in [0.15, 0.2) is 0 Å². The molecule has 0 aliphatic carbocycles. The highest BCUT2D eigenvalue weighted by Gasteiger charge is 2.28. The van der Waals surface area contributed by atoms with E-state index in [-0.39, 0.29) is 11.4 Å². The molecule has 0 atom stereocenters. The molecule has 0 aromatic carbocycles. The zero-order chi connectivity index (χ0) is 12.1. The molecule has 2 nitrogen and oxygen atoms in total. The van der Waals surface area contributed by atoms with Crippen molar-refractivity contribution < 1.29 is 13.2 Å². The number of aryl methyl sites for hydroxylation is 1. The van der Waals surface area contributed by atoms with Crippen LogP contribution in [-0.2, 0) is 6.42 Å². The fourth-order valence-electron chi connectivity index (χ4n) is 0.998. The topological polar surface area (TPSA) is 38.9 Å². The van der Waals surface area contributed by atoms with Crippen LogP contribution < -0.4 is 5.73 Å². The molecule has 2 N–H and O–H groups in total. The standard InChI is InChI=1S/C8H9F3N2.C2H6/c1-5-2-6(3-8(9,10)11)7(12)13-4-5;1-2/h2,4H,3H2,1H3,(H2,12,13);1-2H3. The Morgan fingerprint density at radius 2 is 1.87 bits per heavy atom. The molecule has 1 aromatic heterocycles. The molecule has 0 aliphatic rings. The first-order chi connectivity index (χ1) is 6.88. The third-order valence-electron chi connectivity index (χ3n) is 1.53. The summed E-state index contributed by atoms with van der Waals surface area (Å²) in [4.78, 5) is 3.64. The van der Waals surface area contributed by atoms with Crippen molar-refractivity contribution in [2.24, 2.45) is 0 Å². The molecule has 0 saturated carbocycles. The minimum Gasteiger partial charge on any atom is -0.383 e. The van der Waals surface area contributed by atoms with E-state index in [0.717, 1.165) is 0 Å². The second kappa shape index (κ2) is 5.58. The summed E-state index contributed by atoms with van der Waals surface area (Å²) < 4.78 is 35.9. The first-order valence-corrected chi connectivity index (χ1v) is 4.66. The summed E-state index contributed by atoms with van der Waals surface area (Å²) in [6, 6.07) is 1.40. The van der Waals surface area contributed by atoms with Crippen molar-refractivity contribution in [1.29, 1.82) is 0 Å². The van der Waals surface area contributed by atoms with Gasteiger partial charge in [-0.3, -0.25) is 0 Å². The Balaban J connectivity index is 0.000000921. The SMILES string of the molecule is CC.Cc1cnc(N)c(CC(F)(F)F)c1. The molecule has 0 amide bonds. The zero-order valence-corrected chi connectivity index (χ0v) is 9.02. The van der Waals surface area contributed by atoms with E-state index in [0.29, 0.717) is 5.56 Å². The Hall–Kier alpha value is -1.26. The summed E-state index contributed by atoms with van der Waals surface area (Å²) in [5.74, 6) is -0.0528. The number of hydrogen-bond donors (Lipinski definition) is 1. The number of alkyl halides is 3. The Morgan fingerprint density at radius 3 is 2.33 bits per heavy atom. The molecular formula is C10H15F3N2. The lowest BCUT2D eigenvalue weighted by atomic mass is 10.1. The Morgan fingerprint density at radius 1 is 1.33 bits per heavy atom. The zero-order valence-electron chi connectivity index (χ0n) is 9.02. The van der Waals surface area contributed by atoms with E-state index in [1.165, 1.54) is 12.3 Å². The number of nitrogens with two attached hydrogens (primary N) is 1. The van der Waals surface area contributed by atoms with Gasteiger partial charge in [-0.25, -0.2) is 4.98 Å². The minimum atomic E-state index is -4.23. The maximum Gasteiger partial charge on any atom is 0.393 e. The Bertz CT molecular complexity index is 308. The molecule has 0 spiro atoms. The highest BCUT2D eigenvalue weighted by Crippen LogP contribution is 2.23. The van der Waals surface area contributed by atoms with Crippen molar-refractivity contribution >= 4 is 5.82 Å². The Labute approximate surface area is 87.3 Å². The summed E-state index contributed by atoms with van der Waals surface area (Å²) in [5, 5.41) is 0. The van der Waals surface area contributed by atoms with Crippen LogP contribution in [0.2, 0.25) is 0 Å². The van der Waals surface area contributed by atoms with Crippen LogP contribution in [-0.4, -0.2) is 11.2 Å². The van der Waals surface area contributed by atoms with Gasteiger partial charge in [-0.05, 0) is 12.5 Å². The lowest BCUT2D eigenvalue weighted by Crippen LogP contribution is -2.13. The van der Waals surface area contributed by atoms with Gasteiger partial charge in [0.05, 0.1) is 6.42 Å². The molecule has 0 fully saturated rings. The van der Waals surface area contributed by atoms with Crippen LogP contribution in [0, 0.1) is 6.92 Å². The van der Waals surface area contributed by atoms with E-state index in [4.69, 9.17) is 5.73 Å². The summed E-state index contributed by atoms with van der Waals surface area (Å²) in [7, 11) is 0. The molecule has 0 unspecified atom stereocenters. The van der Waals surface area contributed by atoms with Crippen LogP contribution in [0.3, 0.4) is 0 Å². The monoisotopic (exact) mass is 220 g/mol. The number of hydrogen-bond acceptors (Lipinski definition) is 2. The average molecular weight is 220 g/mol. The number of anilines is 1. The van der Waals surface area contributed by atoms with E-state index >= 15 is 0 Å². The predicted octanol–water partition coefficient (Wildman–Crippen LogP) is 3.10. The van der Waals surface area contributed by atoms with E-state index in [1.807, 2.05) is 13.8 Å². The van der Waals surface area contributed by atoms with Crippen molar-refractivity contribution in [1.82, 2.24) is 4.98 Å². The van der Waals surface area contributed by atoms with Crippen molar-refractivity contribution in [3.63, 3.8) is 0 Å². The molecule has 1 rings (SSSR count). The number of rotatable bonds is 1. The van der Waals surface area contributed by atoms with Crippen molar-refractivity contribution in [3.8, 4) is 0 Å². The molecule has 86 valence electrons. The predicted molar refractivity (Wildman–Crippen MR) is 54.5 cm³/mol. The summed E-state index contributed by atoms with van der Waals surface area (Å²) in [5.41, 5.74) is 5.99. The van der Waals surface area contributed by atoms with Crippen LogP contribution in [0.4, 0.5) is 19.0 Å². The third-order valence-corrected chi connectivity index (χ3v) is 1.53. The van der Waals surface area contributed by atoms with Gasteiger partial charge in [-0.1, -0.05) is 19.9 Å². The summed E-state index contributed by atoms with van der Waals surface area (Å²) in [6.07, 6.45) is -3.81. The fraction of sp³-hybridized carbons (Fsp3) is 0.500.